The van der Waals surface area contributed by atoms with Gasteiger partial charge in [0.1, 0.15) is 11.4 Å². The molecule has 8 heteroatoms. The van der Waals surface area contributed by atoms with Gasteiger partial charge in [-0.15, -0.1) is 0 Å². The number of nitro benzene ring substituents is 1. The van der Waals surface area contributed by atoms with Crippen molar-refractivity contribution in [1.29, 1.82) is 0 Å². The number of fused-ring (bicyclic) bond motifs is 1. The Morgan fingerprint density at radius 2 is 1.96 bits per heavy atom. The van der Waals surface area contributed by atoms with Gasteiger partial charge >= 0.3 is 11.3 Å². The van der Waals surface area contributed by atoms with Gasteiger partial charge in [0.2, 0.25) is 5.58 Å². The van der Waals surface area contributed by atoms with E-state index < -0.39 is 16.5 Å². The van der Waals surface area contributed by atoms with E-state index in [1.54, 1.807) is 30.3 Å². The summed E-state index contributed by atoms with van der Waals surface area (Å²) in [5, 5.41) is 13.8. The molecule has 126 valence electrons. The van der Waals surface area contributed by atoms with Crippen LogP contribution in [0.3, 0.4) is 0 Å². The van der Waals surface area contributed by atoms with E-state index in [0.717, 1.165) is 0 Å². The molecule has 0 aliphatic carbocycles. The van der Waals surface area contributed by atoms with E-state index in [4.69, 9.17) is 9.15 Å². The lowest BCUT2D eigenvalue weighted by atomic mass is 10.1. The highest BCUT2D eigenvalue weighted by Gasteiger charge is 2.18. The largest absolute Gasteiger partial charge is 0.496 e. The average molecular weight is 340 g/mol. The van der Waals surface area contributed by atoms with E-state index in [2.05, 4.69) is 5.32 Å². The number of carbonyl (C=O) groups is 1. The van der Waals surface area contributed by atoms with E-state index in [1.165, 1.54) is 25.3 Å². The van der Waals surface area contributed by atoms with Crippen LogP contribution >= 0.6 is 0 Å². The summed E-state index contributed by atoms with van der Waals surface area (Å²) in [5.74, 6) is -0.213. The molecule has 3 aromatic rings. The minimum absolute atomic E-state index is 0.121. The summed E-state index contributed by atoms with van der Waals surface area (Å²) in [6.07, 6.45) is 0. The molecule has 0 aliphatic rings. The standard InChI is InChI=1S/C17H12N2O6/c1-24-14-8-3-2-6-11(14)16(20)18-12-9-10-5-4-7-13(19(22)23)15(10)25-17(12)21/h2-9H,1H3,(H,18,20). The van der Waals surface area contributed by atoms with Gasteiger partial charge in [-0.1, -0.05) is 24.3 Å². The van der Waals surface area contributed by atoms with Crippen molar-refractivity contribution in [2.45, 2.75) is 0 Å². The number of nitro groups is 1. The summed E-state index contributed by atoms with van der Waals surface area (Å²) >= 11 is 0. The highest BCUT2D eigenvalue weighted by atomic mass is 16.6. The maximum Gasteiger partial charge on any atom is 0.360 e. The van der Waals surface area contributed by atoms with E-state index in [-0.39, 0.29) is 22.5 Å². The van der Waals surface area contributed by atoms with Crippen molar-refractivity contribution >= 4 is 28.3 Å². The normalized spacial score (nSPS) is 10.4. The van der Waals surface area contributed by atoms with Crippen LogP contribution in [0.4, 0.5) is 11.4 Å². The van der Waals surface area contributed by atoms with Crippen LogP contribution < -0.4 is 15.7 Å². The zero-order chi connectivity index (χ0) is 18.0. The quantitative estimate of drug-likeness (QED) is 0.444. The van der Waals surface area contributed by atoms with Gasteiger partial charge < -0.3 is 14.5 Å². The van der Waals surface area contributed by atoms with Gasteiger partial charge in [0, 0.05) is 11.5 Å². The van der Waals surface area contributed by atoms with Crippen LogP contribution in [0.15, 0.2) is 57.7 Å². The van der Waals surface area contributed by atoms with E-state index in [9.17, 15) is 19.7 Å². The van der Waals surface area contributed by atoms with E-state index in [0.29, 0.717) is 11.1 Å². The third-order valence-corrected chi connectivity index (χ3v) is 3.54. The maximum absolute atomic E-state index is 12.4. The topological polar surface area (TPSA) is 112 Å². The second-order valence-electron chi connectivity index (χ2n) is 5.05. The van der Waals surface area contributed by atoms with E-state index >= 15 is 0 Å². The second kappa shape index (κ2) is 6.44. The Labute approximate surface area is 140 Å². The Balaban J connectivity index is 2.02. The van der Waals surface area contributed by atoms with E-state index in [1.807, 2.05) is 0 Å². The lowest BCUT2D eigenvalue weighted by Crippen LogP contribution is -2.18. The number of hydrogen-bond donors (Lipinski definition) is 1. The summed E-state index contributed by atoms with van der Waals surface area (Å²) in [4.78, 5) is 34.8. The van der Waals surface area contributed by atoms with Gasteiger partial charge in [0.05, 0.1) is 17.6 Å². The van der Waals surface area contributed by atoms with Gasteiger partial charge in [0.15, 0.2) is 0 Å². The second-order valence-corrected chi connectivity index (χ2v) is 5.05. The molecule has 0 unspecified atom stereocenters. The Bertz CT molecular complexity index is 1040. The van der Waals surface area contributed by atoms with Crippen molar-refractivity contribution in [1.82, 2.24) is 0 Å². The van der Waals surface area contributed by atoms with Crippen LogP contribution in [0.2, 0.25) is 0 Å². The predicted octanol–water partition coefficient (Wildman–Crippen LogP) is 2.96. The van der Waals surface area contributed by atoms with Crippen molar-refractivity contribution in [3.05, 3.63) is 74.6 Å². The first-order valence-electron chi connectivity index (χ1n) is 7.17. The molecule has 0 fully saturated rings. The number of rotatable bonds is 4. The molecule has 0 spiro atoms. The summed E-state index contributed by atoms with van der Waals surface area (Å²) in [6, 6.07) is 12.1. The number of nitrogens with zero attached hydrogens (tertiary/aromatic N) is 1. The molecule has 0 aliphatic heterocycles. The lowest BCUT2D eigenvalue weighted by Gasteiger charge is -2.08. The zero-order valence-electron chi connectivity index (χ0n) is 13.0. The smallest absolute Gasteiger partial charge is 0.360 e. The molecule has 25 heavy (non-hydrogen) atoms. The van der Waals surface area contributed by atoms with Crippen LogP contribution in [-0.4, -0.2) is 17.9 Å². The molecule has 1 amide bonds. The lowest BCUT2D eigenvalue weighted by molar-refractivity contribution is -0.383. The molecule has 0 bridgehead atoms. The van der Waals surface area contributed by atoms with Crippen molar-refractivity contribution in [2.75, 3.05) is 12.4 Å². The monoisotopic (exact) mass is 340 g/mol. The molecule has 2 aromatic carbocycles. The number of anilines is 1. The zero-order valence-corrected chi connectivity index (χ0v) is 13.0. The molecular formula is C17H12N2O6. The fourth-order valence-corrected chi connectivity index (χ4v) is 2.38. The van der Waals surface area contributed by atoms with Crippen LogP contribution in [0.25, 0.3) is 11.0 Å². The summed E-state index contributed by atoms with van der Waals surface area (Å²) < 4.78 is 10.1. The third-order valence-electron chi connectivity index (χ3n) is 3.54. The molecule has 0 atom stereocenters. The number of ether oxygens (including phenoxy) is 1. The van der Waals surface area contributed by atoms with Crippen molar-refractivity contribution in [3.63, 3.8) is 0 Å². The van der Waals surface area contributed by atoms with Gasteiger partial charge in [-0.3, -0.25) is 14.9 Å². The predicted molar refractivity (Wildman–Crippen MR) is 90.1 cm³/mol. The van der Waals surface area contributed by atoms with Gasteiger partial charge in [-0.25, -0.2) is 4.79 Å². The molecule has 1 N–H and O–H groups in total. The first-order valence-corrected chi connectivity index (χ1v) is 7.17. The number of methoxy groups -OCH3 is 1. The third kappa shape index (κ3) is 3.05. The number of carbonyl (C=O) groups excluding carboxylic acids is 1. The average Bonchev–Trinajstić information content (AvgIpc) is 2.61. The summed E-state index contributed by atoms with van der Waals surface area (Å²) in [5.41, 5.74) is -1.23. The summed E-state index contributed by atoms with van der Waals surface area (Å²) in [6.45, 7) is 0. The van der Waals surface area contributed by atoms with Crippen molar-refractivity contribution < 1.29 is 18.9 Å². The molecular weight excluding hydrogens is 328 g/mol. The highest BCUT2D eigenvalue weighted by molar-refractivity contribution is 6.06. The first kappa shape index (κ1) is 16.2. The summed E-state index contributed by atoms with van der Waals surface area (Å²) in [7, 11) is 1.43. The molecule has 1 aromatic heterocycles. The Kier molecular flexibility index (Phi) is 4.17. The number of nitrogens with one attached hydrogen (secondary N) is 1. The molecule has 0 radical (unpaired) electrons. The Hall–Kier alpha value is -3.68. The van der Waals surface area contributed by atoms with Crippen LogP contribution in [-0.2, 0) is 0 Å². The maximum atomic E-state index is 12.4. The van der Waals surface area contributed by atoms with Gasteiger partial charge in [-0.05, 0) is 18.2 Å². The van der Waals surface area contributed by atoms with Gasteiger partial charge in [0.25, 0.3) is 5.91 Å². The fraction of sp³-hybridized carbons (Fsp3) is 0.0588. The van der Waals surface area contributed by atoms with Crippen LogP contribution in [0, 0.1) is 10.1 Å². The molecule has 0 saturated carbocycles. The van der Waals surface area contributed by atoms with Crippen LogP contribution in [0.1, 0.15) is 10.4 Å². The molecule has 1 heterocycles. The number of para-hydroxylation sites is 2. The van der Waals surface area contributed by atoms with Gasteiger partial charge in [-0.2, -0.15) is 0 Å². The molecule has 0 saturated heterocycles. The minimum Gasteiger partial charge on any atom is -0.496 e. The molecule has 3 rings (SSSR count). The van der Waals surface area contributed by atoms with Crippen molar-refractivity contribution in [3.8, 4) is 5.75 Å². The van der Waals surface area contributed by atoms with Crippen LogP contribution in [0.5, 0.6) is 5.75 Å². The number of amides is 1. The number of non-ortho nitro benzene ring substituents is 1. The Morgan fingerprint density at radius 3 is 2.68 bits per heavy atom. The van der Waals surface area contributed by atoms with Crippen molar-refractivity contribution in [2.24, 2.45) is 0 Å². The molecule has 8 nitrogen and oxygen atoms in total. The number of benzene rings is 2. The first-order chi connectivity index (χ1) is 12.0. The minimum atomic E-state index is -0.884. The highest BCUT2D eigenvalue weighted by Crippen LogP contribution is 2.26. The fourth-order valence-electron chi connectivity index (χ4n) is 2.38. The Morgan fingerprint density at radius 1 is 1.20 bits per heavy atom. The SMILES string of the molecule is COc1ccccc1C(=O)Nc1cc2cccc([N+](=O)[O-])c2oc1=O. The number of hydrogen-bond acceptors (Lipinski definition) is 6.